The maximum Gasteiger partial charge on any atom is 0.0973 e. The maximum atomic E-state index is 4.81. The van der Waals surface area contributed by atoms with Crippen LogP contribution in [0.1, 0.15) is 5.56 Å². The fraction of sp³-hybridized carbons (Fsp3) is 0.150. The summed E-state index contributed by atoms with van der Waals surface area (Å²) in [5.74, 6) is 0. The molecule has 1 N–H and O–H groups in total. The molecule has 0 fully saturated rings. The molecule has 26 heavy (non-hydrogen) atoms. The van der Waals surface area contributed by atoms with E-state index in [9.17, 15) is 0 Å². The monoisotopic (exact) mass is 344 g/mol. The van der Waals surface area contributed by atoms with E-state index in [0.29, 0.717) is 0 Å². The highest BCUT2D eigenvalue weighted by Crippen LogP contribution is 2.23. The van der Waals surface area contributed by atoms with Gasteiger partial charge in [0.2, 0.25) is 0 Å². The summed E-state index contributed by atoms with van der Waals surface area (Å²) in [7, 11) is 0. The van der Waals surface area contributed by atoms with Crippen molar-refractivity contribution in [2.75, 3.05) is 6.54 Å². The van der Waals surface area contributed by atoms with Gasteiger partial charge in [0.1, 0.15) is 0 Å². The molecule has 0 saturated carbocycles. The van der Waals surface area contributed by atoms with Crippen molar-refractivity contribution in [1.29, 1.82) is 0 Å². The van der Waals surface area contributed by atoms with Crippen LogP contribution in [0.5, 0.6) is 0 Å². The Labute approximate surface area is 152 Å². The van der Waals surface area contributed by atoms with E-state index in [4.69, 9.17) is 5.10 Å². The molecule has 130 valence electrons. The van der Waals surface area contributed by atoms with Crippen molar-refractivity contribution in [3.8, 4) is 16.9 Å². The number of hydrogen-bond acceptors (Lipinski definition) is 4. The van der Waals surface area contributed by atoms with Crippen LogP contribution in [0, 0.1) is 0 Å². The van der Waals surface area contributed by atoms with Gasteiger partial charge in [-0.15, -0.1) is 0 Å². The lowest BCUT2D eigenvalue weighted by Gasteiger charge is -2.06. The smallest absolute Gasteiger partial charge is 0.0973 e. The first-order valence-electron chi connectivity index (χ1n) is 8.61. The van der Waals surface area contributed by atoms with Crippen LogP contribution >= 0.6 is 0 Å². The number of imidazole rings is 1. The number of nitrogens with zero attached hydrogens (tertiary/aromatic N) is 5. The number of pyridine rings is 1. The minimum Gasteiger partial charge on any atom is -0.336 e. The largest absolute Gasteiger partial charge is 0.336 e. The summed E-state index contributed by atoms with van der Waals surface area (Å²) in [5.41, 5.74) is 4.26. The van der Waals surface area contributed by atoms with Crippen molar-refractivity contribution in [1.82, 2.24) is 29.6 Å². The van der Waals surface area contributed by atoms with E-state index in [1.165, 1.54) is 0 Å². The highest BCUT2D eigenvalue weighted by atomic mass is 15.3. The number of para-hydroxylation sites is 1. The number of nitrogens with one attached hydrogen (secondary N) is 1. The van der Waals surface area contributed by atoms with E-state index in [1.54, 1.807) is 18.6 Å². The number of hydrogen-bond donors (Lipinski definition) is 1. The summed E-state index contributed by atoms with van der Waals surface area (Å²) >= 11 is 0. The van der Waals surface area contributed by atoms with Crippen molar-refractivity contribution in [2.45, 2.75) is 13.1 Å². The molecule has 4 rings (SSSR count). The van der Waals surface area contributed by atoms with Gasteiger partial charge in [-0.3, -0.25) is 4.98 Å². The van der Waals surface area contributed by atoms with Gasteiger partial charge in [-0.25, -0.2) is 9.67 Å². The van der Waals surface area contributed by atoms with Gasteiger partial charge in [-0.2, -0.15) is 5.10 Å². The molecule has 0 unspecified atom stereocenters. The summed E-state index contributed by atoms with van der Waals surface area (Å²) in [4.78, 5) is 8.18. The molecular weight excluding hydrogens is 324 g/mol. The van der Waals surface area contributed by atoms with Crippen LogP contribution in [0.15, 0.2) is 79.8 Å². The second-order valence-corrected chi connectivity index (χ2v) is 6.00. The number of aromatic nitrogens is 5. The zero-order valence-corrected chi connectivity index (χ0v) is 14.4. The molecule has 0 saturated heterocycles. The SMILES string of the molecule is c1ccc(-n2cc(CNCCn3ccnc3)c(-c3ccncc3)n2)cc1. The third kappa shape index (κ3) is 3.70. The van der Waals surface area contributed by atoms with Crippen molar-refractivity contribution in [3.63, 3.8) is 0 Å². The molecule has 0 aliphatic carbocycles. The molecule has 3 aromatic heterocycles. The normalized spacial score (nSPS) is 10.9. The Morgan fingerprint density at radius 3 is 2.54 bits per heavy atom. The third-order valence-corrected chi connectivity index (χ3v) is 4.19. The quantitative estimate of drug-likeness (QED) is 0.524. The lowest BCUT2D eigenvalue weighted by molar-refractivity contribution is 0.597. The molecule has 0 atom stereocenters. The van der Waals surface area contributed by atoms with Crippen molar-refractivity contribution in [3.05, 3.63) is 85.3 Å². The lowest BCUT2D eigenvalue weighted by atomic mass is 10.1. The molecule has 0 bridgehead atoms. The summed E-state index contributed by atoms with van der Waals surface area (Å²) in [6.07, 6.45) is 11.3. The average Bonchev–Trinajstić information content (AvgIpc) is 3.37. The zero-order valence-electron chi connectivity index (χ0n) is 14.4. The fourth-order valence-corrected chi connectivity index (χ4v) is 2.86. The van der Waals surface area contributed by atoms with E-state index < -0.39 is 0 Å². The molecule has 0 radical (unpaired) electrons. The average molecular weight is 344 g/mol. The van der Waals surface area contributed by atoms with Crippen LogP contribution in [0.3, 0.4) is 0 Å². The highest BCUT2D eigenvalue weighted by Gasteiger charge is 2.12. The van der Waals surface area contributed by atoms with Gasteiger partial charge in [-0.05, 0) is 24.3 Å². The third-order valence-electron chi connectivity index (χ3n) is 4.19. The van der Waals surface area contributed by atoms with Crippen molar-refractivity contribution in [2.24, 2.45) is 0 Å². The fourth-order valence-electron chi connectivity index (χ4n) is 2.86. The minimum absolute atomic E-state index is 0.749. The van der Waals surface area contributed by atoms with Crippen molar-refractivity contribution >= 4 is 0 Å². The molecule has 1 aromatic carbocycles. The van der Waals surface area contributed by atoms with Crippen LogP contribution < -0.4 is 5.32 Å². The lowest BCUT2D eigenvalue weighted by Crippen LogP contribution is -2.19. The minimum atomic E-state index is 0.749. The van der Waals surface area contributed by atoms with Crippen molar-refractivity contribution < 1.29 is 0 Å². The molecule has 0 aliphatic rings. The summed E-state index contributed by atoms with van der Waals surface area (Å²) in [6, 6.07) is 14.1. The Morgan fingerprint density at radius 2 is 1.77 bits per heavy atom. The van der Waals surface area contributed by atoms with E-state index in [2.05, 4.69) is 38.2 Å². The second kappa shape index (κ2) is 7.76. The highest BCUT2D eigenvalue weighted by molar-refractivity contribution is 5.62. The van der Waals surface area contributed by atoms with Gasteiger partial charge < -0.3 is 9.88 Å². The van der Waals surface area contributed by atoms with Crippen LogP contribution in [0.4, 0.5) is 0 Å². The van der Waals surface area contributed by atoms with Crippen LogP contribution in [0.25, 0.3) is 16.9 Å². The standard InChI is InChI=1S/C20H20N6/c1-2-4-19(5-3-1)26-15-18(14-22-10-12-25-13-11-23-16-25)20(24-26)17-6-8-21-9-7-17/h1-9,11,13,15-16,22H,10,12,14H2. The Hall–Kier alpha value is -3.25. The number of benzene rings is 1. The summed E-state index contributed by atoms with van der Waals surface area (Å²) < 4.78 is 3.99. The first-order chi connectivity index (χ1) is 12.9. The molecular formula is C20H20N6. The van der Waals surface area contributed by atoms with Gasteiger partial charge in [0.15, 0.2) is 0 Å². The maximum absolute atomic E-state index is 4.81. The zero-order chi connectivity index (χ0) is 17.6. The molecule has 3 heterocycles. The van der Waals surface area contributed by atoms with Crippen LogP contribution in [-0.2, 0) is 13.1 Å². The molecule has 6 heteroatoms. The van der Waals surface area contributed by atoms with E-state index >= 15 is 0 Å². The van der Waals surface area contributed by atoms with E-state index in [-0.39, 0.29) is 0 Å². The topological polar surface area (TPSA) is 60.6 Å². The summed E-state index contributed by atoms with van der Waals surface area (Å²) in [6.45, 7) is 2.50. The molecule has 4 aromatic rings. The predicted molar refractivity (Wildman–Crippen MR) is 101 cm³/mol. The number of rotatable bonds is 7. The van der Waals surface area contributed by atoms with Gasteiger partial charge in [0.25, 0.3) is 0 Å². The second-order valence-electron chi connectivity index (χ2n) is 6.00. The van der Waals surface area contributed by atoms with E-state index in [1.807, 2.05) is 47.5 Å². The first-order valence-corrected chi connectivity index (χ1v) is 8.61. The molecule has 0 aliphatic heterocycles. The molecule has 0 spiro atoms. The Kier molecular flexibility index (Phi) is 4.84. The van der Waals surface area contributed by atoms with Gasteiger partial charge in [-0.1, -0.05) is 18.2 Å². The summed E-state index contributed by atoms with van der Waals surface area (Å²) in [5, 5.41) is 8.31. The Bertz CT molecular complexity index is 929. The molecule has 0 amide bonds. The van der Waals surface area contributed by atoms with Crippen LogP contribution in [-0.4, -0.2) is 30.9 Å². The predicted octanol–water partition coefficient (Wildman–Crippen LogP) is 2.92. The Morgan fingerprint density at radius 1 is 0.923 bits per heavy atom. The van der Waals surface area contributed by atoms with Crippen LogP contribution in [0.2, 0.25) is 0 Å². The van der Waals surface area contributed by atoms with Gasteiger partial charge in [0.05, 0.1) is 17.7 Å². The molecule has 6 nitrogen and oxygen atoms in total. The van der Waals surface area contributed by atoms with Gasteiger partial charge >= 0.3 is 0 Å². The first kappa shape index (κ1) is 16.2. The van der Waals surface area contributed by atoms with Gasteiger partial charge in [0, 0.05) is 61.7 Å². The van der Waals surface area contributed by atoms with E-state index in [0.717, 1.165) is 42.1 Å². The Balaban J connectivity index is 1.54.